The zero-order valence-corrected chi connectivity index (χ0v) is 12.9. The van der Waals surface area contributed by atoms with E-state index in [-0.39, 0.29) is 5.91 Å². The number of benzene rings is 1. The maximum absolute atomic E-state index is 12.8. The quantitative estimate of drug-likeness (QED) is 0.743. The minimum Gasteiger partial charge on any atom is -0.333 e. The first-order valence-electron chi connectivity index (χ1n) is 7.00. The Morgan fingerprint density at radius 1 is 1.36 bits per heavy atom. The van der Waals surface area contributed by atoms with Gasteiger partial charge in [0, 0.05) is 30.5 Å². The van der Waals surface area contributed by atoms with E-state index in [1.54, 1.807) is 34.1 Å². The van der Waals surface area contributed by atoms with Gasteiger partial charge < -0.3 is 4.90 Å². The van der Waals surface area contributed by atoms with E-state index in [0.29, 0.717) is 29.5 Å². The number of fused-ring (bicyclic) bond motifs is 1. The van der Waals surface area contributed by atoms with Crippen molar-refractivity contribution >= 4 is 23.2 Å². The molecule has 0 saturated carbocycles. The van der Waals surface area contributed by atoms with Gasteiger partial charge in [-0.05, 0) is 24.6 Å². The lowest BCUT2D eigenvalue weighted by Crippen LogP contribution is -2.31. The lowest BCUT2D eigenvalue weighted by atomic mass is 10.2. The number of aromatic nitrogens is 3. The first kappa shape index (κ1) is 14.5. The Bertz CT molecular complexity index is 815. The monoisotopic (exact) mass is 314 g/mol. The summed E-state index contributed by atoms with van der Waals surface area (Å²) in [5.41, 5.74) is 2.18. The molecule has 6 heteroatoms. The molecule has 0 aliphatic carbocycles. The summed E-state index contributed by atoms with van der Waals surface area (Å²) in [6.07, 6.45) is 6.59. The topological polar surface area (TPSA) is 50.5 Å². The van der Waals surface area contributed by atoms with Crippen LogP contribution < -0.4 is 0 Å². The standard InChI is InChI=1S/C16H15ClN4O/c1-2-20(11-12-4-3-5-13(17)8-12)16(22)14-9-19-15-10-18-6-7-21(14)15/h3-10H,2,11H2,1H3. The van der Waals surface area contributed by atoms with Crippen LogP contribution in [0, 0.1) is 0 Å². The number of rotatable bonds is 4. The molecule has 3 rings (SSSR count). The molecule has 1 amide bonds. The molecule has 22 heavy (non-hydrogen) atoms. The molecule has 1 aromatic carbocycles. The van der Waals surface area contributed by atoms with Crippen molar-refractivity contribution in [3.63, 3.8) is 0 Å². The number of nitrogens with zero attached hydrogens (tertiary/aromatic N) is 4. The summed E-state index contributed by atoms with van der Waals surface area (Å²) >= 11 is 6.00. The van der Waals surface area contributed by atoms with Gasteiger partial charge in [-0.15, -0.1) is 0 Å². The van der Waals surface area contributed by atoms with Crippen LogP contribution in [0.1, 0.15) is 23.0 Å². The van der Waals surface area contributed by atoms with Gasteiger partial charge in [-0.25, -0.2) is 4.98 Å². The fourth-order valence-electron chi connectivity index (χ4n) is 2.35. The van der Waals surface area contributed by atoms with Gasteiger partial charge in [0.15, 0.2) is 5.65 Å². The number of carbonyl (C=O) groups excluding carboxylic acids is 1. The molecule has 2 aromatic heterocycles. The third-order valence-electron chi connectivity index (χ3n) is 3.47. The Morgan fingerprint density at radius 3 is 3.00 bits per heavy atom. The molecule has 0 N–H and O–H groups in total. The van der Waals surface area contributed by atoms with Crippen molar-refractivity contribution in [2.75, 3.05) is 6.54 Å². The molecule has 112 valence electrons. The Labute approximate surface area is 133 Å². The summed E-state index contributed by atoms with van der Waals surface area (Å²) in [5, 5.41) is 0.668. The van der Waals surface area contributed by atoms with E-state index in [1.807, 2.05) is 31.2 Å². The van der Waals surface area contributed by atoms with E-state index in [9.17, 15) is 4.79 Å². The highest BCUT2D eigenvalue weighted by Crippen LogP contribution is 2.15. The summed E-state index contributed by atoms with van der Waals surface area (Å²) in [7, 11) is 0. The minimum atomic E-state index is -0.0684. The number of hydrogen-bond donors (Lipinski definition) is 0. The van der Waals surface area contributed by atoms with Crippen LogP contribution in [0.4, 0.5) is 0 Å². The van der Waals surface area contributed by atoms with Crippen molar-refractivity contribution in [2.24, 2.45) is 0 Å². The highest BCUT2D eigenvalue weighted by molar-refractivity contribution is 6.30. The van der Waals surface area contributed by atoms with Gasteiger partial charge in [0.1, 0.15) is 5.69 Å². The first-order chi connectivity index (χ1) is 10.7. The van der Waals surface area contributed by atoms with Gasteiger partial charge in [-0.2, -0.15) is 0 Å². The van der Waals surface area contributed by atoms with Crippen LogP contribution in [0.5, 0.6) is 0 Å². The largest absolute Gasteiger partial charge is 0.333 e. The zero-order chi connectivity index (χ0) is 15.5. The summed E-state index contributed by atoms with van der Waals surface area (Å²) in [5.74, 6) is -0.0684. The number of carbonyl (C=O) groups is 1. The number of imidazole rings is 1. The molecule has 0 fully saturated rings. The van der Waals surface area contributed by atoms with E-state index in [1.165, 1.54) is 0 Å². The molecule has 0 aliphatic heterocycles. The summed E-state index contributed by atoms with van der Waals surface area (Å²) < 4.78 is 1.75. The summed E-state index contributed by atoms with van der Waals surface area (Å²) in [6.45, 7) is 3.06. The Morgan fingerprint density at radius 2 is 2.23 bits per heavy atom. The Balaban J connectivity index is 1.88. The average Bonchev–Trinajstić information content (AvgIpc) is 2.96. The molecule has 3 aromatic rings. The smallest absolute Gasteiger partial charge is 0.272 e. The fourth-order valence-corrected chi connectivity index (χ4v) is 2.56. The molecule has 0 aliphatic rings. The first-order valence-corrected chi connectivity index (χ1v) is 7.37. The fraction of sp³-hybridized carbons (Fsp3) is 0.188. The predicted octanol–water partition coefficient (Wildman–Crippen LogP) is 3.05. The van der Waals surface area contributed by atoms with Crippen LogP contribution in [-0.2, 0) is 6.54 Å². The van der Waals surface area contributed by atoms with Crippen LogP contribution in [0.2, 0.25) is 5.02 Å². The lowest BCUT2D eigenvalue weighted by Gasteiger charge is -2.20. The SMILES string of the molecule is CCN(Cc1cccc(Cl)c1)C(=O)c1cnc2cnccn12. The van der Waals surface area contributed by atoms with Crippen molar-refractivity contribution in [3.8, 4) is 0 Å². The molecule has 0 unspecified atom stereocenters. The van der Waals surface area contributed by atoms with Crippen LogP contribution in [-0.4, -0.2) is 31.7 Å². The third-order valence-corrected chi connectivity index (χ3v) is 3.70. The van der Waals surface area contributed by atoms with Crippen molar-refractivity contribution in [2.45, 2.75) is 13.5 Å². The van der Waals surface area contributed by atoms with Crippen LogP contribution in [0.25, 0.3) is 5.65 Å². The minimum absolute atomic E-state index is 0.0684. The van der Waals surface area contributed by atoms with Gasteiger partial charge in [-0.1, -0.05) is 23.7 Å². The van der Waals surface area contributed by atoms with Crippen LogP contribution >= 0.6 is 11.6 Å². The molecular formula is C16H15ClN4O. The van der Waals surface area contributed by atoms with Gasteiger partial charge in [0.2, 0.25) is 0 Å². The van der Waals surface area contributed by atoms with Crippen molar-refractivity contribution < 1.29 is 4.79 Å². The van der Waals surface area contributed by atoms with Gasteiger partial charge in [-0.3, -0.25) is 14.2 Å². The molecule has 5 nitrogen and oxygen atoms in total. The van der Waals surface area contributed by atoms with Gasteiger partial charge >= 0.3 is 0 Å². The van der Waals surface area contributed by atoms with Crippen LogP contribution in [0.3, 0.4) is 0 Å². The van der Waals surface area contributed by atoms with Crippen molar-refractivity contribution in [3.05, 3.63) is 65.3 Å². The number of amides is 1. The summed E-state index contributed by atoms with van der Waals surface area (Å²) in [4.78, 5) is 22.7. The predicted molar refractivity (Wildman–Crippen MR) is 84.9 cm³/mol. The number of halogens is 1. The third kappa shape index (κ3) is 2.80. The van der Waals surface area contributed by atoms with E-state index >= 15 is 0 Å². The second-order valence-electron chi connectivity index (χ2n) is 4.90. The second kappa shape index (κ2) is 6.15. The molecule has 0 radical (unpaired) electrons. The normalized spacial score (nSPS) is 10.8. The Hall–Kier alpha value is -2.40. The highest BCUT2D eigenvalue weighted by Gasteiger charge is 2.18. The van der Waals surface area contributed by atoms with Crippen molar-refractivity contribution in [1.82, 2.24) is 19.3 Å². The van der Waals surface area contributed by atoms with Gasteiger partial charge in [0.05, 0.1) is 12.4 Å². The second-order valence-corrected chi connectivity index (χ2v) is 5.33. The van der Waals surface area contributed by atoms with E-state index in [0.717, 1.165) is 5.56 Å². The van der Waals surface area contributed by atoms with Crippen molar-refractivity contribution in [1.29, 1.82) is 0 Å². The Kier molecular flexibility index (Phi) is 4.06. The zero-order valence-electron chi connectivity index (χ0n) is 12.1. The van der Waals surface area contributed by atoms with E-state index < -0.39 is 0 Å². The average molecular weight is 315 g/mol. The number of hydrogen-bond acceptors (Lipinski definition) is 3. The molecule has 0 atom stereocenters. The maximum atomic E-state index is 12.8. The highest BCUT2D eigenvalue weighted by atomic mass is 35.5. The molecule has 0 bridgehead atoms. The molecular weight excluding hydrogens is 300 g/mol. The van der Waals surface area contributed by atoms with E-state index in [2.05, 4.69) is 9.97 Å². The maximum Gasteiger partial charge on any atom is 0.272 e. The van der Waals surface area contributed by atoms with E-state index in [4.69, 9.17) is 11.6 Å². The lowest BCUT2D eigenvalue weighted by molar-refractivity contribution is 0.0745. The van der Waals surface area contributed by atoms with Gasteiger partial charge in [0.25, 0.3) is 5.91 Å². The molecule has 2 heterocycles. The summed E-state index contributed by atoms with van der Waals surface area (Å²) in [6, 6.07) is 7.53. The molecule has 0 saturated heterocycles. The van der Waals surface area contributed by atoms with Crippen LogP contribution in [0.15, 0.2) is 49.1 Å². The molecule has 0 spiro atoms.